The van der Waals surface area contributed by atoms with Gasteiger partial charge in [0, 0.05) is 49.2 Å². The van der Waals surface area contributed by atoms with E-state index in [2.05, 4.69) is 50.5 Å². The summed E-state index contributed by atoms with van der Waals surface area (Å²) in [7, 11) is 0. The van der Waals surface area contributed by atoms with Gasteiger partial charge in [-0.25, -0.2) is 9.97 Å². The van der Waals surface area contributed by atoms with Crippen LogP contribution < -0.4 is 19.1 Å². The van der Waals surface area contributed by atoms with Crippen molar-refractivity contribution in [1.29, 1.82) is 0 Å². The van der Waals surface area contributed by atoms with E-state index in [1.54, 1.807) is 17.7 Å². The lowest BCUT2D eigenvalue weighted by Crippen LogP contribution is -2.52. The average molecular weight is 531 g/mol. The van der Waals surface area contributed by atoms with Gasteiger partial charge in [0.2, 0.25) is 6.79 Å². The van der Waals surface area contributed by atoms with Gasteiger partial charge in [0.1, 0.15) is 35.4 Å². The van der Waals surface area contributed by atoms with Gasteiger partial charge >= 0.3 is 0 Å². The Kier molecular flexibility index (Phi) is 6.48. The fourth-order valence-electron chi connectivity index (χ4n) is 5.70. The van der Waals surface area contributed by atoms with Crippen molar-refractivity contribution in [3.8, 4) is 28.4 Å². The molecule has 0 N–H and O–H groups in total. The molecule has 2 aromatic heterocycles. The van der Waals surface area contributed by atoms with Crippen LogP contribution in [0.2, 0.25) is 0 Å². The third kappa shape index (κ3) is 4.66. The number of hydrogen-bond donors (Lipinski definition) is 0. The fraction of sp³-hybridized carbons (Fsp3) is 0.379. The number of ether oxygens (including phenoxy) is 4. The van der Waals surface area contributed by atoms with Crippen molar-refractivity contribution in [2.24, 2.45) is 0 Å². The van der Waals surface area contributed by atoms with Crippen LogP contribution in [0.15, 0.2) is 60.2 Å². The number of piperidine rings is 1. The summed E-state index contributed by atoms with van der Waals surface area (Å²) in [5.41, 5.74) is 2.44. The van der Waals surface area contributed by atoms with Crippen LogP contribution in [0.5, 0.6) is 17.2 Å². The predicted molar refractivity (Wildman–Crippen MR) is 147 cm³/mol. The molecule has 0 aliphatic carbocycles. The second-order valence-electron chi connectivity index (χ2n) is 9.92. The van der Waals surface area contributed by atoms with Crippen molar-refractivity contribution in [3.05, 3.63) is 60.2 Å². The van der Waals surface area contributed by atoms with E-state index < -0.39 is 0 Å². The zero-order valence-corrected chi connectivity index (χ0v) is 21.9. The Morgan fingerprint density at radius 2 is 1.84 bits per heavy atom. The molecule has 3 aliphatic rings. The Balaban J connectivity index is 0.988. The lowest BCUT2D eigenvalue weighted by molar-refractivity contribution is -0.0629. The van der Waals surface area contributed by atoms with Gasteiger partial charge in [-0.2, -0.15) is 0 Å². The van der Waals surface area contributed by atoms with Crippen molar-refractivity contribution in [3.63, 3.8) is 0 Å². The Labute approximate surface area is 225 Å². The molecule has 2 aromatic carbocycles. The van der Waals surface area contributed by atoms with Crippen LogP contribution in [0.3, 0.4) is 0 Å². The highest BCUT2D eigenvalue weighted by atomic mass is 32.1. The van der Waals surface area contributed by atoms with Crippen molar-refractivity contribution >= 4 is 27.4 Å². The molecule has 2 saturated heterocycles. The molecule has 8 nitrogen and oxygen atoms in total. The summed E-state index contributed by atoms with van der Waals surface area (Å²) in [5, 5.41) is 3.39. The van der Waals surface area contributed by atoms with Gasteiger partial charge in [0.15, 0.2) is 11.5 Å². The van der Waals surface area contributed by atoms with E-state index in [1.807, 2.05) is 18.2 Å². The van der Waals surface area contributed by atoms with Crippen LogP contribution in [0.25, 0.3) is 21.3 Å². The summed E-state index contributed by atoms with van der Waals surface area (Å²) in [5.74, 6) is 3.34. The van der Waals surface area contributed by atoms with Crippen LogP contribution in [0, 0.1) is 0 Å². The van der Waals surface area contributed by atoms with Crippen molar-refractivity contribution in [2.45, 2.75) is 25.0 Å². The first-order valence-electron chi connectivity index (χ1n) is 13.2. The van der Waals surface area contributed by atoms with E-state index in [1.165, 1.54) is 16.5 Å². The number of fused-ring (bicyclic) bond motifs is 2. The maximum atomic E-state index is 6.05. The molecule has 1 unspecified atom stereocenters. The molecule has 0 saturated carbocycles. The SMILES string of the molecule is c1ccc(-c2csc3ncnc(N4CCC(N5CCOC(COc6ccc7c(c6)OCO7)C5)CC4)c23)cc1. The van der Waals surface area contributed by atoms with Crippen LogP contribution >= 0.6 is 11.3 Å². The summed E-state index contributed by atoms with van der Waals surface area (Å²) < 4.78 is 23.0. The summed E-state index contributed by atoms with van der Waals surface area (Å²) in [6.45, 7) is 5.34. The van der Waals surface area contributed by atoms with Gasteiger partial charge in [-0.3, -0.25) is 4.90 Å². The van der Waals surface area contributed by atoms with Gasteiger partial charge in [-0.15, -0.1) is 11.3 Å². The predicted octanol–water partition coefficient (Wildman–Crippen LogP) is 4.84. The van der Waals surface area contributed by atoms with Gasteiger partial charge in [-0.05, 0) is 30.5 Å². The van der Waals surface area contributed by atoms with Gasteiger partial charge in [-0.1, -0.05) is 30.3 Å². The molecule has 0 spiro atoms. The minimum atomic E-state index is 0.0490. The normalized spacial score (nSPS) is 20.2. The molecule has 3 aliphatic heterocycles. The average Bonchev–Trinajstić information content (AvgIpc) is 3.64. The van der Waals surface area contributed by atoms with E-state index >= 15 is 0 Å². The van der Waals surface area contributed by atoms with Gasteiger partial charge in [0.05, 0.1) is 12.0 Å². The second kappa shape index (κ2) is 10.4. The molecule has 5 heterocycles. The zero-order chi connectivity index (χ0) is 25.3. The van der Waals surface area contributed by atoms with E-state index in [-0.39, 0.29) is 12.9 Å². The number of rotatable bonds is 6. The minimum Gasteiger partial charge on any atom is -0.491 e. The van der Waals surface area contributed by atoms with E-state index in [0.29, 0.717) is 12.6 Å². The van der Waals surface area contributed by atoms with E-state index in [4.69, 9.17) is 23.9 Å². The first-order valence-corrected chi connectivity index (χ1v) is 14.1. The Morgan fingerprint density at radius 3 is 2.74 bits per heavy atom. The molecule has 2 fully saturated rings. The second-order valence-corrected chi connectivity index (χ2v) is 10.8. The molecule has 7 rings (SSSR count). The van der Waals surface area contributed by atoms with Gasteiger partial charge < -0.3 is 23.8 Å². The Morgan fingerprint density at radius 1 is 0.974 bits per heavy atom. The highest BCUT2D eigenvalue weighted by Gasteiger charge is 2.31. The molecule has 1 atom stereocenters. The maximum Gasteiger partial charge on any atom is 0.231 e. The van der Waals surface area contributed by atoms with Crippen LogP contribution in [-0.4, -0.2) is 73.2 Å². The lowest BCUT2D eigenvalue weighted by Gasteiger charge is -2.42. The number of thiophene rings is 1. The lowest BCUT2D eigenvalue weighted by atomic mass is 10.0. The zero-order valence-electron chi connectivity index (χ0n) is 21.1. The molecule has 0 amide bonds. The number of hydrogen-bond acceptors (Lipinski definition) is 9. The summed E-state index contributed by atoms with van der Waals surface area (Å²) >= 11 is 1.69. The number of nitrogens with zero attached hydrogens (tertiary/aromatic N) is 4. The van der Waals surface area contributed by atoms with Crippen molar-refractivity contribution in [2.75, 3.05) is 51.1 Å². The maximum absolute atomic E-state index is 6.05. The quantitative estimate of drug-likeness (QED) is 0.351. The Bertz CT molecular complexity index is 1410. The Hall–Kier alpha value is -3.40. The molecule has 38 heavy (non-hydrogen) atoms. The number of benzene rings is 2. The molecular weight excluding hydrogens is 500 g/mol. The summed E-state index contributed by atoms with van der Waals surface area (Å²) in [6.07, 6.45) is 3.97. The van der Waals surface area contributed by atoms with E-state index in [9.17, 15) is 0 Å². The first kappa shape index (κ1) is 23.7. The third-order valence-electron chi connectivity index (χ3n) is 7.67. The fourth-order valence-corrected chi connectivity index (χ4v) is 6.61. The van der Waals surface area contributed by atoms with Crippen LogP contribution in [0.1, 0.15) is 12.8 Å². The standard InChI is InChI=1S/C29H30N4O4S/c1-2-4-20(5-3-1)24-17-38-29-27(24)28(30-18-31-29)32-10-8-21(9-11-32)33-12-13-34-23(15-33)16-35-22-6-7-25-26(14-22)37-19-36-25/h1-7,14,17-18,21,23H,8-13,15-16,19H2. The third-order valence-corrected chi connectivity index (χ3v) is 8.55. The number of morpholine rings is 1. The highest BCUT2D eigenvalue weighted by Crippen LogP contribution is 2.39. The molecular formula is C29H30N4O4S. The summed E-state index contributed by atoms with van der Waals surface area (Å²) in [4.78, 5) is 15.4. The van der Waals surface area contributed by atoms with E-state index in [0.717, 1.165) is 73.5 Å². The number of anilines is 1. The monoisotopic (exact) mass is 530 g/mol. The summed E-state index contributed by atoms with van der Waals surface area (Å²) in [6, 6.07) is 16.8. The molecule has 4 aromatic rings. The largest absolute Gasteiger partial charge is 0.491 e. The van der Waals surface area contributed by atoms with Crippen molar-refractivity contribution in [1.82, 2.24) is 14.9 Å². The van der Waals surface area contributed by atoms with Gasteiger partial charge in [0.25, 0.3) is 0 Å². The highest BCUT2D eigenvalue weighted by molar-refractivity contribution is 7.17. The smallest absolute Gasteiger partial charge is 0.231 e. The molecule has 196 valence electrons. The van der Waals surface area contributed by atoms with Crippen molar-refractivity contribution < 1.29 is 18.9 Å². The number of aromatic nitrogens is 2. The molecule has 0 bridgehead atoms. The van der Waals surface area contributed by atoms with Crippen LogP contribution in [-0.2, 0) is 4.74 Å². The molecule has 0 radical (unpaired) electrons. The topological polar surface area (TPSA) is 69.2 Å². The first-order chi connectivity index (χ1) is 18.8. The minimum absolute atomic E-state index is 0.0490. The van der Waals surface area contributed by atoms with Crippen LogP contribution in [0.4, 0.5) is 5.82 Å². The molecule has 9 heteroatoms.